The molecule has 0 aliphatic rings. The maximum atomic E-state index is 11.8. The molecule has 1 N–H and O–H groups in total. The predicted octanol–water partition coefficient (Wildman–Crippen LogP) is 3.38. The summed E-state index contributed by atoms with van der Waals surface area (Å²) in [6.45, 7) is 0. The standard InChI is InChI=1S/C14H11IO4/c15-9-18-12-5-7-13(8-6-12)19-14(17)10-1-3-11(16)4-2-10/h1-8,16H,9H2. The van der Waals surface area contributed by atoms with E-state index in [0.717, 1.165) is 5.75 Å². The number of halogens is 1. The van der Waals surface area contributed by atoms with Crippen LogP contribution in [0.1, 0.15) is 10.4 Å². The molecule has 0 aromatic heterocycles. The molecule has 0 heterocycles. The van der Waals surface area contributed by atoms with Gasteiger partial charge in [0.1, 0.15) is 21.9 Å². The number of hydrogen-bond donors (Lipinski definition) is 1. The van der Waals surface area contributed by atoms with Gasteiger partial charge < -0.3 is 14.6 Å². The van der Waals surface area contributed by atoms with Crippen LogP contribution in [-0.4, -0.2) is 15.7 Å². The summed E-state index contributed by atoms with van der Waals surface area (Å²) < 4.78 is 11.0. The lowest BCUT2D eigenvalue weighted by Gasteiger charge is -2.06. The third-order valence-electron chi connectivity index (χ3n) is 2.36. The first-order valence-electron chi connectivity index (χ1n) is 5.49. The molecule has 0 spiro atoms. The molecule has 5 heteroatoms. The van der Waals surface area contributed by atoms with Crippen LogP contribution in [0.25, 0.3) is 0 Å². The number of carbonyl (C=O) groups excluding carboxylic acids is 1. The average Bonchev–Trinajstić information content (AvgIpc) is 2.42. The summed E-state index contributed by atoms with van der Waals surface area (Å²) in [5.41, 5.74) is 0.380. The third-order valence-corrected chi connectivity index (χ3v) is 2.67. The van der Waals surface area contributed by atoms with Crippen molar-refractivity contribution in [1.82, 2.24) is 0 Å². The molecule has 98 valence electrons. The Bertz CT molecular complexity index is 549. The van der Waals surface area contributed by atoms with Gasteiger partial charge in [0.25, 0.3) is 0 Å². The van der Waals surface area contributed by atoms with Crippen molar-refractivity contribution in [2.24, 2.45) is 0 Å². The summed E-state index contributed by atoms with van der Waals surface area (Å²) in [7, 11) is 0. The number of benzene rings is 2. The Hall–Kier alpha value is -1.76. The van der Waals surface area contributed by atoms with Crippen LogP contribution in [0.2, 0.25) is 0 Å². The first kappa shape index (κ1) is 13.7. The summed E-state index contributed by atoms with van der Waals surface area (Å²) in [5, 5.41) is 9.14. The van der Waals surface area contributed by atoms with Gasteiger partial charge in [0.2, 0.25) is 0 Å². The van der Waals surface area contributed by atoms with Gasteiger partial charge in [-0.25, -0.2) is 4.79 Å². The van der Waals surface area contributed by atoms with Crippen molar-refractivity contribution < 1.29 is 19.4 Å². The zero-order chi connectivity index (χ0) is 13.7. The molecular weight excluding hydrogens is 359 g/mol. The van der Waals surface area contributed by atoms with Crippen molar-refractivity contribution in [3.05, 3.63) is 54.1 Å². The predicted molar refractivity (Wildman–Crippen MR) is 79.0 cm³/mol. The fraction of sp³-hybridized carbons (Fsp3) is 0.0714. The van der Waals surface area contributed by atoms with E-state index < -0.39 is 5.97 Å². The molecule has 0 saturated carbocycles. The highest BCUT2D eigenvalue weighted by atomic mass is 127. The maximum absolute atomic E-state index is 11.8. The summed E-state index contributed by atoms with van der Waals surface area (Å²) in [4.78, 5) is 11.8. The Morgan fingerprint density at radius 1 is 1.00 bits per heavy atom. The topological polar surface area (TPSA) is 55.8 Å². The van der Waals surface area contributed by atoms with Gasteiger partial charge in [-0.15, -0.1) is 0 Å². The van der Waals surface area contributed by atoms with Gasteiger partial charge in [-0.3, -0.25) is 0 Å². The van der Waals surface area contributed by atoms with E-state index in [-0.39, 0.29) is 5.75 Å². The fourth-order valence-electron chi connectivity index (χ4n) is 1.43. The highest BCUT2D eigenvalue weighted by Crippen LogP contribution is 2.19. The van der Waals surface area contributed by atoms with Crippen LogP contribution >= 0.6 is 22.6 Å². The smallest absolute Gasteiger partial charge is 0.343 e. The van der Waals surface area contributed by atoms with Gasteiger partial charge in [-0.1, -0.05) is 0 Å². The molecule has 0 atom stereocenters. The number of rotatable bonds is 4. The van der Waals surface area contributed by atoms with Gasteiger partial charge in [0.15, 0.2) is 0 Å². The summed E-state index contributed by atoms with van der Waals surface area (Å²) in [5.74, 6) is 0.803. The molecular formula is C14H11IO4. The summed E-state index contributed by atoms with van der Waals surface area (Å²) in [6.07, 6.45) is 0. The Kier molecular flexibility index (Phi) is 4.62. The van der Waals surface area contributed by atoms with E-state index in [1.54, 1.807) is 24.3 Å². The minimum atomic E-state index is -0.470. The average molecular weight is 370 g/mol. The second kappa shape index (κ2) is 6.42. The van der Waals surface area contributed by atoms with Gasteiger partial charge in [0.05, 0.1) is 5.56 Å². The summed E-state index contributed by atoms with van der Waals surface area (Å²) in [6, 6.07) is 12.7. The Morgan fingerprint density at radius 3 is 2.16 bits per heavy atom. The van der Waals surface area contributed by atoms with Crippen molar-refractivity contribution in [3.8, 4) is 17.2 Å². The largest absolute Gasteiger partial charge is 0.508 e. The molecule has 19 heavy (non-hydrogen) atoms. The number of aromatic hydroxyl groups is 1. The van der Waals surface area contributed by atoms with Crippen molar-refractivity contribution in [2.75, 3.05) is 4.61 Å². The molecule has 2 aromatic carbocycles. The number of phenols is 1. The molecule has 0 saturated heterocycles. The van der Waals surface area contributed by atoms with Crippen LogP contribution in [0.5, 0.6) is 17.2 Å². The molecule has 0 fully saturated rings. The molecule has 0 aliphatic carbocycles. The molecule has 4 nitrogen and oxygen atoms in total. The molecule has 0 aliphatic heterocycles. The first-order valence-corrected chi connectivity index (χ1v) is 7.01. The second-order valence-electron chi connectivity index (χ2n) is 3.66. The van der Waals surface area contributed by atoms with Crippen LogP contribution in [0.3, 0.4) is 0 Å². The zero-order valence-corrected chi connectivity index (χ0v) is 12.0. The number of phenolic OH excluding ortho intramolecular Hbond substituents is 1. The van der Waals surface area contributed by atoms with E-state index in [1.165, 1.54) is 24.3 Å². The minimum absolute atomic E-state index is 0.108. The zero-order valence-electron chi connectivity index (χ0n) is 9.88. The summed E-state index contributed by atoms with van der Waals surface area (Å²) >= 11 is 2.10. The molecule has 2 aromatic rings. The fourth-order valence-corrected chi connectivity index (χ4v) is 1.79. The van der Waals surface area contributed by atoms with Crippen LogP contribution in [0.15, 0.2) is 48.5 Å². The minimum Gasteiger partial charge on any atom is -0.508 e. The number of carbonyl (C=O) groups is 1. The van der Waals surface area contributed by atoms with Crippen molar-refractivity contribution in [1.29, 1.82) is 0 Å². The molecule has 0 amide bonds. The van der Waals surface area contributed by atoms with E-state index >= 15 is 0 Å². The van der Waals surface area contributed by atoms with Gasteiger partial charge in [-0.2, -0.15) is 0 Å². The SMILES string of the molecule is O=C(Oc1ccc(OCI)cc1)c1ccc(O)cc1. The van der Waals surface area contributed by atoms with Crippen LogP contribution in [0, 0.1) is 0 Å². The number of alkyl halides is 1. The van der Waals surface area contributed by atoms with Crippen molar-refractivity contribution in [2.45, 2.75) is 0 Å². The first-order chi connectivity index (χ1) is 9.19. The highest BCUT2D eigenvalue weighted by molar-refractivity contribution is 14.1. The normalized spacial score (nSPS) is 9.95. The van der Waals surface area contributed by atoms with Crippen LogP contribution in [-0.2, 0) is 0 Å². The van der Waals surface area contributed by atoms with E-state index in [1.807, 2.05) is 0 Å². The maximum Gasteiger partial charge on any atom is 0.343 e. The molecule has 2 rings (SSSR count). The lowest BCUT2D eigenvalue weighted by Crippen LogP contribution is -2.08. The quantitative estimate of drug-likeness (QED) is 0.388. The molecule has 0 radical (unpaired) electrons. The lowest BCUT2D eigenvalue weighted by molar-refractivity contribution is 0.0734. The van der Waals surface area contributed by atoms with E-state index in [4.69, 9.17) is 14.6 Å². The van der Waals surface area contributed by atoms with E-state index in [2.05, 4.69) is 22.6 Å². The number of hydrogen-bond acceptors (Lipinski definition) is 4. The van der Waals surface area contributed by atoms with Gasteiger partial charge in [0, 0.05) is 0 Å². The number of ether oxygens (including phenoxy) is 2. The Labute approximate surface area is 124 Å². The third kappa shape index (κ3) is 3.85. The second-order valence-corrected chi connectivity index (χ2v) is 4.28. The van der Waals surface area contributed by atoms with Crippen molar-refractivity contribution >= 4 is 28.6 Å². The molecule has 0 bridgehead atoms. The van der Waals surface area contributed by atoms with Crippen LogP contribution < -0.4 is 9.47 Å². The molecule has 0 unspecified atom stereocenters. The Balaban J connectivity index is 2.04. The van der Waals surface area contributed by atoms with Crippen molar-refractivity contribution in [3.63, 3.8) is 0 Å². The highest BCUT2D eigenvalue weighted by Gasteiger charge is 2.08. The van der Waals surface area contributed by atoms with Gasteiger partial charge >= 0.3 is 5.97 Å². The monoisotopic (exact) mass is 370 g/mol. The van der Waals surface area contributed by atoms with E-state index in [0.29, 0.717) is 15.9 Å². The van der Waals surface area contributed by atoms with Crippen LogP contribution in [0.4, 0.5) is 0 Å². The lowest BCUT2D eigenvalue weighted by atomic mass is 10.2. The van der Waals surface area contributed by atoms with E-state index in [9.17, 15) is 4.79 Å². The van der Waals surface area contributed by atoms with Gasteiger partial charge in [-0.05, 0) is 71.1 Å². The number of esters is 1. The Morgan fingerprint density at radius 2 is 1.58 bits per heavy atom.